The highest BCUT2D eigenvalue weighted by molar-refractivity contribution is 6.74. The maximum Gasteiger partial charge on any atom is 0.192 e. The van der Waals surface area contributed by atoms with E-state index in [1.807, 2.05) is 20.9 Å². The molecule has 1 N–H and O–H groups in total. The fraction of sp³-hybridized carbons (Fsp3) is 0.833. The van der Waals surface area contributed by atoms with Crippen LogP contribution in [-0.4, -0.2) is 65.3 Å². The first-order chi connectivity index (χ1) is 11.0. The number of hydrogen-bond acceptors (Lipinski definition) is 4. The zero-order chi connectivity index (χ0) is 18.8. The standard InChI is InChI=1S/C18H38FN3OSi/c1-16(2)21-15-17(19)9-12-22(6)13-10-20-11-14-23-24(7,8)18(3,4)5/h9,15-16,20H,10-14H2,1-8H3/b17-9+,21-15?. The summed E-state index contributed by atoms with van der Waals surface area (Å²) in [5.74, 6) is -0.272. The van der Waals surface area contributed by atoms with E-state index in [9.17, 15) is 4.39 Å². The first kappa shape index (κ1) is 23.4. The molecule has 0 aromatic rings. The summed E-state index contributed by atoms with van der Waals surface area (Å²) in [6.45, 7) is 19.1. The summed E-state index contributed by atoms with van der Waals surface area (Å²) in [7, 11) is 0.343. The fourth-order valence-corrected chi connectivity index (χ4v) is 2.64. The Morgan fingerprint density at radius 3 is 2.46 bits per heavy atom. The van der Waals surface area contributed by atoms with E-state index in [0.717, 1.165) is 26.2 Å². The predicted molar refractivity (Wildman–Crippen MR) is 106 cm³/mol. The molecule has 0 heterocycles. The molecule has 0 aliphatic carbocycles. The second-order valence-corrected chi connectivity index (χ2v) is 12.9. The van der Waals surface area contributed by atoms with E-state index < -0.39 is 8.32 Å². The van der Waals surface area contributed by atoms with E-state index in [-0.39, 0.29) is 16.9 Å². The third-order valence-electron chi connectivity index (χ3n) is 4.31. The average Bonchev–Trinajstić information content (AvgIpc) is 2.45. The summed E-state index contributed by atoms with van der Waals surface area (Å²) >= 11 is 0. The van der Waals surface area contributed by atoms with Crippen LogP contribution in [0.4, 0.5) is 4.39 Å². The first-order valence-electron chi connectivity index (χ1n) is 8.88. The Labute approximate surface area is 149 Å². The van der Waals surface area contributed by atoms with E-state index >= 15 is 0 Å². The van der Waals surface area contributed by atoms with E-state index in [0.29, 0.717) is 6.54 Å². The maximum absolute atomic E-state index is 13.5. The van der Waals surface area contributed by atoms with Crippen LogP contribution in [0.25, 0.3) is 0 Å². The van der Waals surface area contributed by atoms with Crippen LogP contribution >= 0.6 is 0 Å². The second kappa shape index (κ2) is 11.1. The van der Waals surface area contributed by atoms with Crippen LogP contribution < -0.4 is 5.32 Å². The van der Waals surface area contributed by atoms with E-state index in [1.54, 1.807) is 6.08 Å². The Bertz CT molecular complexity index is 404. The Morgan fingerprint density at radius 2 is 1.92 bits per heavy atom. The van der Waals surface area contributed by atoms with E-state index in [4.69, 9.17) is 4.43 Å². The quantitative estimate of drug-likeness (QED) is 0.346. The number of likely N-dealkylation sites (N-methyl/N-ethyl adjacent to an activating group) is 1. The van der Waals surface area contributed by atoms with Gasteiger partial charge in [0.2, 0.25) is 0 Å². The monoisotopic (exact) mass is 359 g/mol. The molecule has 24 heavy (non-hydrogen) atoms. The van der Waals surface area contributed by atoms with Gasteiger partial charge in [0.25, 0.3) is 0 Å². The second-order valence-electron chi connectivity index (χ2n) is 8.08. The van der Waals surface area contributed by atoms with Gasteiger partial charge in [-0.25, -0.2) is 4.39 Å². The first-order valence-corrected chi connectivity index (χ1v) is 11.8. The zero-order valence-electron chi connectivity index (χ0n) is 16.9. The zero-order valence-corrected chi connectivity index (χ0v) is 17.9. The lowest BCUT2D eigenvalue weighted by molar-refractivity contribution is 0.281. The minimum absolute atomic E-state index is 0.125. The summed E-state index contributed by atoms with van der Waals surface area (Å²) in [5.41, 5.74) is 0. The third-order valence-corrected chi connectivity index (χ3v) is 8.85. The van der Waals surface area contributed by atoms with Crippen molar-refractivity contribution in [2.24, 2.45) is 4.99 Å². The molecule has 0 rings (SSSR count). The van der Waals surface area contributed by atoms with Gasteiger partial charge in [-0.2, -0.15) is 0 Å². The Balaban J connectivity index is 3.84. The van der Waals surface area contributed by atoms with Crippen LogP contribution in [0.5, 0.6) is 0 Å². The number of rotatable bonds is 11. The van der Waals surface area contributed by atoms with Gasteiger partial charge in [0.1, 0.15) is 5.83 Å². The van der Waals surface area contributed by atoms with Crippen LogP contribution in [0, 0.1) is 0 Å². The Hall–Kier alpha value is -0.563. The molecule has 0 amide bonds. The van der Waals surface area contributed by atoms with Crippen molar-refractivity contribution in [1.29, 1.82) is 0 Å². The summed E-state index contributed by atoms with van der Waals surface area (Å²) in [5, 5.41) is 3.64. The number of aliphatic imine (C=N–C) groups is 1. The summed E-state index contributed by atoms with van der Waals surface area (Å²) in [6.07, 6.45) is 2.86. The summed E-state index contributed by atoms with van der Waals surface area (Å²) < 4.78 is 19.6. The Kier molecular flexibility index (Phi) is 10.9. The molecule has 0 aromatic heterocycles. The van der Waals surface area contributed by atoms with Crippen LogP contribution in [0.1, 0.15) is 34.6 Å². The normalized spacial score (nSPS) is 14.4. The molecule has 0 saturated heterocycles. The number of hydrogen-bond donors (Lipinski definition) is 1. The largest absolute Gasteiger partial charge is 0.416 e. The summed E-state index contributed by atoms with van der Waals surface area (Å²) in [6, 6.07) is 0.125. The van der Waals surface area contributed by atoms with Gasteiger partial charge in [0.05, 0.1) is 6.21 Å². The molecule has 0 fully saturated rings. The van der Waals surface area contributed by atoms with Gasteiger partial charge in [0.15, 0.2) is 8.32 Å². The van der Waals surface area contributed by atoms with Crippen molar-refractivity contribution in [2.45, 2.75) is 58.8 Å². The van der Waals surface area contributed by atoms with E-state index in [2.05, 4.69) is 49.1 Å². The molecular formula is C18H38FN3OSi. The van der Waals surface area contributed by atoms with Crippen molar-refractivity contribution in [3.63, 3.8) is 0 Å². The molecule has 142 valence electrons. The van der Waals surface area contributed by atoms with Crippen molar-refractivity contribution >= 4 is 14.5 Å². The van der Waals surface area contributed by atoms with Gasteiger partial charge in [-0.05, 0) is 45.1 Å². The number of halogens is 1. The molecule has 4 nitrogen and oxygen atoms in total. The average molecular weight is 360 g/mol. The molecule has 0 radical (unpaired) electrons. The number of allylic oxidation sites excluding steroid dienone is 1. The SMILES string of the molecule is CC(C)N=C/C(F)=C\CN(C)CCNCCO[Si](C)(C)C(C)(C)C. The molecule has 0 bridgehead atoms. The van der Waals surface area contributed by atoms with Gasteiger partial charge in [-0.3, -0.25) is 4.99 Å². The molecule has 0 unspecified atom stereocenters. The highest BCUT2D eigenvalue weighted by Gasteiger charge is 2.36. The van der Waals surface area contributed by atoms with Gasteiger partial charge in [0, 0.05) is 38.8 Å². The molecule has 0 aromatic carbocycles. The van der Waals surface area contributed by atoms with Crippen LogP contribution in [-0.2, 0) is 4.43 Å². The van der Waals surface area contributed by atoms with Crippen LogP contribution in [0.3, 0.4) is 0 Å². The smallest absolute Gasteiger partial charge is 0.192 e. The highest BCUT2D eigenvalue weighted by Crippen LogP contribution is 2.36. The van der Waals surface area contributed by atoms with Crippen LogP contribution in [0.2, 0.25) is 18.1 Å². The lowest BCUT2D eigenvalue weighted by Crippen LogP contribution is -2.42. The van der Waals surface area contributed by atoms with Crippen molar-refractivity contribution in [1.82, 2.24) is 10.2 Å². The molecule has 0 saturated carbocycles. The Morgan fingerprint density at radius 1 is 1.29 bits per heavy atom. The third kappa shape index (κ3) is 11.1. The van der Waals surface area contributed by atoms with Crippen molar-refractivity contribution in [3.05, 3.63) is 11.9 Å². The van der Waals surface area contributed by atoms with Gasteiger partial charge < -0.3 is 14.6 Å². The number of nitrogens with zero attached hydrogens (tertiary/aromatic N) is 2. The topological polar surface area (TPSA) is 36.9 Å². The van der Waals surface area contributed by atoms with Crippen LogP contribution in [0.15, 0.2) is 16.9 Å². The lowest BCUT2D eigenvalue weighted by atomic mass is 10.2. The highest BCUT2D eigenvalue weighted by atomic mass is 28.4. The molecule has 0 aliphatic rings. The number of nitrogens with one attached hydrogen (secondary N) is 1. The van der Waals surface area contributed by atoms with Crippen molar-refractivity contribution in [2.75, 3.05) is 39.8 Å². The minimum atomic E-state index is -1.64. The lowest BCUT2D eigenvalue weighted by Gasteiger charge is -2.36. The van der Waals surface area contributed by atoms with Gasteiger partial charge in [-0.15, -0.1) is 0 Å². The molecule has 0 aliphatic heterocycles. The van der Waals surface area contributed by atoms with Crippen molar-refractivity contribution in [3.8, 4) is 0 Å². The predicted octanol–water partition coefficient (Wildman–Crippen LogP) is 3.86. The molecular weight excluding hydrogens is 321 g/mol. The van der Waals surface area contributed by atoms with Gasteiger partial charge in [-0.1, -0.05) is 20.8 Å². The van der Waals surface area contributed by atoms with Gasteiger partial charge >= 0.3 is 0 Å². The summed E-state index contributed by atoms with van der Waals surface area (Å²) in [4.78, 5) is 6.10. The fourth-order valence-electron chi connectivity index (χ4n) is 1.60. The minimum Gasteiger partial charge on any atom is -0.416 e. The molecule has 6 heteroatoms. The van der Waals surface area contributed by atoms with E-state index in [1.165, 1.54) is 6.21 Å². The van der Waals surface area contributed by atoms with Crippen molar-refractivity contribution < 1.29 is 8.82 Å². The maximum atomic E-state index is 13.5. The molecule has 0 spiro atoms. The molecule has 0 atom stereocenters.